The molecule has 3 nitrogen and oxygen atoms in total. The largest absolute Gasteiger partial charge is 0.400 e. The molecule has 18 heavy (non-hydrogen) atoms. The van der Waals surface area contributed by atoms with E-state index in [0.717, 1.165) is 0 Å². The molecule has 0 fully saturated rings. The van der Waals surface area contributed by atoms with Crippen molar-refractivity contribution in [2.45, 2.75) is 25.4 Å². The number of halogens is 3. The van der Waals surface area contributed by atoms with E-state index >= 15 is 0 Å². The van der Waals surface area contributed by atoms with Crippen LogP contribution in [0.3, 0.4) is 0 Å². The van der Waals surface area contributed by atoms with Crippen molar-refractivity contribution in [2.24, 2.45) is 0 Å². The van der Waals surface area contributed by atoms with E-state index in [1.807, 2.05) is 0 Å². The number of hydrogen-bond acceptors (Lipinski definition) is 2. The third-order valence-electron chi connectivity index (χ3n) is 3.56. The molecule has 1 atom stereocenters. The summed E-state index contributed by atoms with van der Waals surface area (Å²) in [6, 6.07) is 1.67. The zero-order valence-electron chi connectivity index (χ0n) is 9.97. The van der Waals surface area contributed by atoms with E-state index in [2.05, 4.69) is 10.3 Å². The first-order valence-electron chi connectivity index (χ1n) is 5.62. The smallest absolute Gasteiger partial charge is 0.383 e. The van der Waals surface area contributed by atoms with E-state index in [4.69, 9.17) is 0 Å². The monoisotopic (exact) mass is 255 g/mol. The maximum Gasteiger partial charge on any atom is 0.400 e. The second-order valence-corrected chi connectivity index (χ2v) is 4.90. The maximum atomic E-state index is 13.3. The molecular weight excluding hydrogens is 243 g/mol. The van der Waals surface area contributed by atoms with Crippen LogP contribution in [0.1, 0.15) is 18.2 Å². The molecule has 0 aromatic carbocycles. The molecule has 2 aromatic heterocycles. The fourth-order valence-electron chi connectivity index (χ4n) is 2.47. The number of nitrogens with one attached hydrogen (secondary N) is 1. The van der Waals surface area contributed by atoms with E-state index in [1.54, 1.807) is 29.8 Å². The Morgan fingerprint density at radius 2 is 2.17 bits per heavy atom. The van der Waals surface area contributed by atoms with Crippen molar-refractivity contribution in [1.29, 1.82) is 0 Å². The van der Waals surface area contributed by atoms with Crippen molar-refractivity contribution in [1.82, 2.24) is 9.38 Å². The Kier molecular flexibility index (Phi) is 2.01. The molecule has 96 valence electrons. The van der Waals surface area contributed by atoms with Crippen molar-refractivity contribution in [3.63, 3.8) is 0 Å². The third-order valence-corrected chi connectivity index (χ3v) is 3.56. The molecule has 1 aliphatic rings. The second kappa shape index (κ2) is 3.18. The summed E-state index contributed by atoms with van der Waals surface area (Å²) in [4.78, 5) is 4.22. The van der Waals surface area contributed by atoms with Gasteiger partial charge >= 0.3 is 6.18 Å². The van der Waals surface area contributed by atoms with Gasteiger partial charge in [-0.15, -0.1) is 0 Å². The molecule has 2 aromatic rings. The number of anilines is 1. The van der Waals surface area contributed by atoms with Gasteiger partial charge < -0.3 is 9.72 Å². The number of alkyl halides is 3. The van der Waals surface area contributed by atoms with Crippen molar-refractivity contribution < 1.29 is 13.2 Å². The predicted octanol–water partition coefficient (Wildman–Crippen LogP) is 2.89. The highest BCUT2D eigenvalue weighted by atomic mass is 19.4. The summed E-state index contributed by atoms with van der Waals surface area (Å²) in [7, 11) is 0. The van der Waals surface area contributed by atoms with Crippen LogP contribution in [0.5, 0.6) is 0 Å². The quantitative estimate of drug-likeness (QED) is 0.784. The topological polar surface area (TPSA) is 29.3 Å². The average Bonchev–Trinajstić information content (AvgIpc) is 2.78. The van der Waals surface area contributed by atoms with Crippen LogP contribution in [0.2, 0.25) is 0 Å². The summed E-state index contributed by atoms with van der Waals surface area (Å²) in [5.74, 6) is 0. The van der Waals surface area contributed by atoms with Crippen LogP contribution >= 0.6 is 0 Å². The minimum absolute atomic E-state index is 0.141. The Hall–Kier alpha value is -1.72. The summed E-state index contributed by atoms with van der Waals surface area (Å²) >= 11 is 0. The summed E-state index contributed by atoms with van der Waals surface area (Å²) in [6.45, 7) is 2.85. The van der Waals surface area contributed by atoms with Crippen LogP contribution in [0.25, 0.3) is 5.65 Å². The Bertz CT molecular complexity index is 629. The van der Waals surface area contributed by atoms with E-state index in [1.165, 1.54) is 6.92 Å². The highest BCUT2D eigenvalue weighted by molar-refractivity contribution is 5.72. The van der Waals surface area contributed by atoms with Crippen molar-refractivity contribution in [3.05, 3.63) is 29.7 Å². The first-order chi connectivity index (χ1) is 8.33. The molecule has 6 heteroatoms. The summed E-state index contributed by atoms with van der Waals surface area (Å²) in [6.07, 6.45) is -0.846. The van der Waals surface area contributed by atoms with Gasteiger partial charge in [0.05, 0.1) is 5.69 Å². The number of fused-ring (bicyclic) bond motifs is 3. The zero-order valence-corrected chi connectivity index (χ0v) is 9.97. The SMILES string of the molecule is Cc1cn2ccc3c(c2n1)C(C)(C(F)(F)F)CN3. The van der Waals surface area contributed by atoms with Gasteiger partial charge in [-0.2, -0.15) is 13.2 Å². The van der Waals surface area contributed by atoms with E-state index in [9.17, 15) is 13.2 Å². The fourth-order valence-corrected chi connectivity index (χ4v) is 2.47. The van der Waals surface area contributed by atoms with E-state index in [0.29, 0.717) is 17.0 Å². The van der Waals surface area contributed by atoms with Gasteiger partial charge in [0.25, 0.3) is 0 Å². The number of nitrogens with zero attached hydrogens (tertiary/aromatic N) is 2. The molecule has 1 unspecified atom stereocenters. The van der Waals surface area contributed by atoms with Crippen LogP contribution in [0, 0.1) is 6.92 Å². The Morgan fingerprint density at radius 1 is 1.44 bits per heavy atom. The molecule has 0 saturated carbocycles. The molecule has 0 bridgehead atoms. The van der Waals surface area contributed by atoms with Gasteiger partial charge in [-0.3, -0.25) is 0 Å². The number of imidazole rings is 1. The van der Waals surface area contributed by atoms with Crippen LogP contribution in [-0.4, -0.2) is 22.1 Å². The van der Waals surface area contributed by atoms with Gasteiger partial charge in [0.1, 0.15) is 11.1 Å². The average molecular weight is 255 g/mol. The summed E-state index contributed by atoms with van der Waals surface area (Å²) in [5.41, 5.74) is -0.0315. The lowest BCUT2D eigenvalue weighted by molar-refractivity contribution is -0.179. The van der Waals surface area contributed by atoms with Crippen molar-refractivity contribution in [3.8, 4) is 0 Å². The van der Waals surface area contributed by atoms with Crippen molar-refractivity contribution >= 4 is 11.3 Å². The van der Waals surface area contributed by atoms with Crippen LogP contribution in [0.4, 0.5) is 18.9 Å². The lowest BCUT2D eigenvalue weighted by Gasteiger charge is -2.27. The Morgan fingerprint density at radius 3 is 2.83 bits per heavy atom. The summed E-state index contributed by atoms with van der Waals surface area (Å²) in [5, 5.41) is 2.83. The van der Waals surface area contributed by atoms with Crippen LogP contribution in [0.15, 0.2) is 18.5 Å². The van der Waals surface area contributed by atoms with Gasteiger partial charge in [0, 0.05) is 30.2 Å². The zero-order chi connectivity index (χ0) is 13.1. The van der Waals surface area contributed by atoms with Gasteiger partial charge in [-0.05, 0) is 19.9 Å². The normalized spacial score (nSPS) is 23.2. The van der Waals surface area contributed by atoms with Gasteiger partial charge in [-0.1, -0.05) is 0 Å². The molecule has 0 amide bonds. The van der Waals surface area contributed by atoms with Gasteiger partial charge in [-0.25, -0.2) is 4.98 Å². The van der Waals surface area contributed by atoms with E-state index < -0.39 is 11.6 Å². The molecule has 3 rings (SSSR count). The Labute approximate surface area is 102 Å². The number of aryl methyl sites for hydroxylation is 1. The molecule has 0 aliphatic carbocycles. The van der Waals surface area contributed by atoms with Gasteiger partial charge in [0.15, 0.2) is 0 Å². The number of rotatable bonds is 0. The number of pyridine rings is 1. The molecular formula is C12H12F3N3. The molecule has 1 aliphatic heterocycles. The van der Waals surface area contributed by atoms with E-state index in [-0.39, 0.29) is 12.1 Å². The molecule has 1 N–H and O–H groups in total. The standard InChI is InChI=1S/C12H12F3N3/c1-7-5-18-4-3-8-9(10(18)17-7)11(2,6-16-8)12(13,14)15/h3-5,16H,6H2,1-2H3. The Balaban J connectivity index is 2.35. The first-order valence-corrected chi connectivity index (χ1v) is 5.62. The summed E-state index contributed by atoms with van der Waals surface area (Å²) < 4.78 is 41.5. The minimum Gasteiger partial charge on any atom is -0.383 e. The predicted molar refractivity (Wildman–Crippen MR) is 61.8 cm³/mol. The maximum absolute atomic E-state index is 13.3. The highest BCUT2D eigenvalue weighted by Gasteiger charge is 2.56. The number of aromatic nitrogens is 2. The van der Waals surface area contributed by atoms with Crippen LogP contribution in [-0.2, 0) is 5.41 Å². The molecule has 0 radical (unpaired) electrons. The molecule has 0 saturated heterocycles. The third kappa shape index (κ3) is 1.28. The minimum atomic E-state index is -4.30. The first kappa shape index (κ1) is 11.4. The molecule has 0 spiro atoms. The fraction of sp³-hybridized carbons (Fsp3) is 0.417. The number of hydrogen-bond donors (Lipinski definition) is 1. The molecule has 3 heterocycles. The van der Waals surface area contributed by atoms with Crippen LogP contribution < -0.4 is 5.32 Å². The second-order valence-electron chi connectivity index (χ2n) is 4.90. The highest BCUT2D eigenvalue weighted by Crippen LogP contribution is 2.48. The lowest BCUT2D eigenvalue weighted by Crippen LogP contribution is -2.41. The van der Waals surface area contributed by atoms with Crippen molar-refractivity contribution in [2.75, 3.05) is 11.9 Å². The lowest BCUT2D eigenvalue weighted by atomic mass is 9.84. The van der Waals surface area contributed by atoms with Gasteiger partial charge in [0.2, 0.25) is 0 Å².